The molecule has 0 radical (unpaired) electrons. The van der Waals surface area contributed by atoms with E-state index >= 15 is 0 Å². The van der Waals surface area contributed by atoms with Gasteiger partial charge in [0.15, 0.2) is 11.5 Å². The Morgan fingerprint density at radius 3 is 2.43 bits per heavy atom. The number of nitrogens with zero attached hydrogens (tertiary/aromatic N) is 1. The van der Waals surface area contributed by atoms with Crippen molar-refractivity contribution in [1.29, 1.82) is 5.26 Å². The molecule has 0 aliphatic heterocycles. The van der Waals surface area contributed by atoms with Crippen molar-refractivity contribution < 1.29 is 19.0 Å². The number of hydrogen-bond acceptors (Lipinski definition) is 5. The number of rotatable bonds is 11. The van der Waals surface area contributed by atoms with Gasteiger partial charge in [-0.05, 0) is 60.0 Å². The molecule has 0 saturated heterocycles. The Morgan fingerprint density at radius 2 is 1.81 bits per heavy atom. The lowest BCUT2D eigenvalue weighted by Crippen LogP contribution is -2.23. The predicted octanol–water partition coefficient (Wildman–Crippen LogP) is 6.54. The highest BCUT2D eigenvalue weighted by molar-refractivity contribution is 6.35. The molecule has 0 saturated carbocycles. The summed E-state index contributed by atoms with van der Waals surface area (Å²) in [7, 11) is 3.11. The van der Waals surface area contributed by atoms with E-state index in [4.69, 9.17) is 37.4 Å². The van der Waals surface area contributed by atoms with Crippen LogP contribution in [0.2, 0.25) is 10.0 Å². The standard InChI is InChI=1S/C29H26Cl2N2O4/c1-4-5-21-12-20(13-23(16-32)29(34)33-17-19-6-10-25(35-2)11-7-19)14-27(36-3)28(21)37-18-22-8-9-24(30)15-26(22)31/h4,6-15H,1,5,17-18H2,2-3H3,(H,33,34)/b23-13-. The average molecular weight is 537 g/mol. The van der Waals surface area contributed by atoms with Crippen molar-refractivity contribution in [3.63, 3.8) is 0 Å². The first-order chi connectivity index (χ1) is 17.9. The molecular weight excluding hydrogens is 511 g/mol. The number of benzene rings is 3. The van der Waals surface area contributed by atoms with Crippen LogP contribution in [0.25, 0.3) is 6.08 Å². The van der Waals surface area contributed by atoms with E-state index in [0.29, 0.717) is 33.5 Å². The van der Waals surface area contributed by atoms with Gasteiger partial charge in [0.25, 0.3) is 5.91 Å². The third-order valence-electron chi connectivity index (χ3n) is 5.41. The van der Waals surface area contributed by atoms with Crippen molar-refractivity contribution in [3.05, 3.63) is 105 Å². The number of methoxy groups -OCH3 is 2. The molecule has 0 aliphatic carbocycles. The van der Waals surface area contributed by atoms with E-state index in [-0.39, 0.29) is 18.7 Å². The summed E-state index contributed by atoms with van der Waals surface area (Å²) in [5.74, 6) is 1.21. The Bertz CT molecular complexity index is 1350. The van der Waals surface area contributed by atoms with E-state index in [1.165, 1.54) is 13.2 Å². The van der Waals surface area contributed by atoms with Gasteiger partial charge in [0.05, 0.1) is 14.2 Å². The van der Waals surface area contributed by atoms with E-state index < -0.39 is 5.91 Å². The van der Waals surface area contributed by atoms with Crippen LogP contribution < -0.4 is 19.5 Å². The normalized spacial score (nSPS) is 10.8. The summed E-state index contributed by atoms with van der Waals surface area (Å²) in [6, 6.07) is 18.0. The summed E-state index contributed by atoms with van der Waals surface area (Å²) in [5.41, 5.74) is 3.00. The molecule has 190 valence electrons. The van der Waals surface area contributed by atoms with Gasteiger partial charge in [-0.25, -0.2) is 0 Å². The lowest BCUT2D eigenvalue weighted by Gasteiger charge is -2.16. The number of ether oxygens (including phenoxy) is 3. The van der Waals surface area contributed by atoms with Crippen LogP contribution in [0.5, 0.6) is 17.2 Å². The summed E-state index contributed by atoms with van der Waals surface area (Å²) < 4.78 is 16.8. The molecule has 3 aromatic rings. The first-order valence-corrected chi connectivity index (χ1v) is 12.1. The first-order valence-electron chi connectivity index (χ1n) is 11.3. The van der Waals surface area contributed by atoms with E-state index in [0.717, 1.165) is 22.4 Å². The SMILES string of the molecule is C=CCc1cc(/C=C(/C#N)C(=O)NCc2ccc(OC)cc2)cc(OC)c1OCc1ccc(Cl)cc1Cl. The molecule has 37 heavy (non-hydrogen) atoms. The summed E-state index contributed by atoms with van der Waals surface area (Å²) in [6.45, 7) is 4.29. The minimum Gasteiger partial charge on any atom is -0.497 e. The highest BCUT2D eigenvalue weighted by Gasteiger charge is 2.15. The largest absolute Gasteiger partial charge is 0.497 e. The second-order valence-corrected chi connectivity index (χ2v) is 8.77. The van der Waals surface area contributed by atoms with Gasteiger partial charge in [-0.2, -0.15) is 5.26 Å². The number of carbonyl (C=O) groups is 1. The van der Waals surface area contributed by atoms with Crippen molar-refractivity contribution in [2.75, 3.05) is 14.2 Å². The number of nitriles is 1. The van der Waals surface area contributed by atoms with Gasteiger partial charge < -0.3 is 19.5 Å². The van der Waals surface area contributed by atoms with Crippen LogP contribution in [0, 0.1) is 11.3 Å². The Kier molecular flexibility index (Phi) is 10.0. The summed E-state index contributed by atoms with van der Waals surface area (Å²) in [6.07, 6.45) is 3.72. The summed E-state index contributed by atoms with van der Waals surface area (Å²) >= 11 is 12.3. The molecule has 3 aromatic carbocycles. The highest BCUT2D eigenvalue weighted by Crippen LogP contribution is 2.35. The minimum atomic E-state index is -0.486. The minimum absolute atomic E-state index is 0.0401. The van der Waals surface area contributed by atoms with Gasteiger partial charge in [0, 0.05) is 27.7 Å². The maximum absolute atomic E-state index is 12.7. The van der Waals surface area contributed by atoms with Crippen LogP contribution in [-0.4, -0.2) is 20.1 Å². The molecule has 1 amide bonds. The molecule has 8 heteroatoms. The lowest BCUT2D eigenvalue weighted by molar-refractivity contribution is -0.117. The van der Waals surface area contributed by atoms with E-state index in [1.54, 1.807) is 49.6 Å². The molecule has 1 N–H and O–H groups in total. The number of nitrogens with one attached hydrogen (secondary N) is 1. The van der Waals surface area contributed by atoms with Crippen molar-refractivity contribution in [2.45, 2.75) is 19.6 Å². The Hall–Kier alpha value is -3.92. The van der Waals surface area contributed by atoms with Crippen LogP contribution >= 0.6 is 23.2 Å². The van der Waals surface area contributed by atoms with E-state index in [1.807, 2.05) is 24.3 Å². The second kappa shape index (κ2) is 13.4. The van der Waals surface area contributed by atoms with Crippen LogP contribution in [0.4, 0.5) is 0 Å². The van der Waals surface area contributed by atoms with Gasteiger partial charge >= 0.3 is 0 Å². The van der Waals surface area contributed by atoms with Crippen molar-refractivity contribution in [2.24, 2.45) is 0 Å². The van der Waals surface area contributed by atoms with E-state index in [9.17, 15) is 10.1 Å². The zero-order chi connectivity index (χ0) is 26.8. The van der Waals surface area contributed by atoms with Gasteiger partial charge in [0.1, 0.15) is 24.0 Å². The maximum atomic E-state index is 12.7. The molecule has 0 fully saturated rings. The number of halogens is 2. The van der Waals surface area contributed by atoms with Gasteiger partial charge in [0.2, 0.25) is 0 Å². The number of carbonyl (C=O) groups excluding carboxylic acids is 1. The molecule has 0 atom stereocenters. The fraction of sp³-hybridized carbons (Fsp3) is 0.172. The lowest BCUT2D eigenvalue weighted by atomic mass is 10.0. The predicted molar refractivity (Wildman–Crippen MR) is 146 cm³/mol. The van der Waals surface area contributed by atoms with Crippen molar-refractivity contribution >= 4 is 35.2 Å². The smallest absolute Gasteiger partial charge is 0.262 e. The molecule has 0 heterocycles. The Morgan fingerprint density at radius 1 is 1.05 bits per heavy atom. The number of allylic oxidation sites excluding steroid dienone is 1. The van der Waals surface area contributed by atoms with Crippen molar-refractivity contribution in [1.82, 2.24) is 5.32 Å². The molecule has 6 nitrogen and oxygen atoms in total. The molecular formula is C29H26Cl2N2O4. The topological polar surface area (TPSA) is 80.6 Å². The van der Waals surface area contributed by atoms with Crippen LogP contribution in [0.3, 0.4) is 0 Å². The van der Waals surface area contributed by atoms with E-state index in [2.05, 4.69) is 11.9 Å². The Balaban J connectivity index is 1.82. The zero-order valence-corrected chi connectivity index (χ0v) is 22.0. The fourth-order valence-corrected chi connectivity index (χ4v) is 3.98. The van der Waals surface area contributed by atoms with Gasteiger partial charge in [-0.3, -0.25) is 4.79 Å². The summed E-state index contributed by atoms with van der Waals surface area (Å²) in [5, 5.41) is 13.4. The quantitative estimate of drug-likeness (QED) is 0.171. The molecule has 0 aromatic heterocycles. The monoisotopic (exact) mass is 536 g/mol. The molecule has 0 bridgehead atoms. The molecule has 0 unspecified atom stereocenters. The third-order valence-corrected chi connectivity index (χ3v) is 6.00. The highest BCUT2D eigenvalue weighted by atomic mass is 35.5. The maximum Gasteiger partial charge on any atom is 0.262 e. The van der Waals surface area contributed by atoms with Crippen molar-refractivity contribution in [3.8, 4) is 23.3 Å². The zero-order valence-electron chi connectivity index (χ0n) is 20.5. The van der Waals surface area contributed by atoms with Crippen LogP contribution in [0.15, 0.2) is 72.8 Å². The Labute approximate surface area is 226 Å². The summed E-state index contributed by atoms with van der Waals surface area (Å²) in [4.78, 5) is 12.7. The van der Waals surface area contributed by atoms with Crippen LogP contribution in [0.1, 0.15) is 22.3 Å². The molecule has 0 aliphatic rings. The molecule has 3 rings (SSSR count). The number of hydrogen-bond donors (Lipinski definition) is 1. The van der Waals surface area contributed by atoms with Gasteiger partial charge in [-0.15, -0.1) is 6.58 Å². The van der Waals surface area contributed by atoms with Gasteiger partial charge in [-0.1, -0.05) is 47.5 Å². The fourth-order valence-electron chi connectivity index (χ4n) is 3.51. The second-order valence-electron chi connectivity index (χ2n) is 7.93. The number of amides is 1. The third kappa shape index (κ3) is 7.53. The van der Waals surface area contributed by atoms with Crippen LogP contribution in [-0.2, 0) is 24.4 Å². The first kappa shape index (κ1) is 27.7. The average Bonchev–Trinajstić information content (AvgIpc) is 2.90. The molecule has 0 spiro atoms.